The summed E-state index contributed by atoms with van der Waals surface area (Å²) in [5.74, 6) is 2.98. The van der Waals surface area contributed by atoms with E-state index < -0.39 is 0 Å². The Kier molecular flexibility index (Phi) is 5.00. The molecule has 2 heterocycles. The van der Waals surface area contributed by atoms with Crippen molar-refractivity contribution in [1.29, 1.82) is 0 Å². The van der Waals surface area contributed by atoms with E-state index in [0.29, 0.717) is 11.9 Å². The van der Waals surface area contributed by atoms with Crippen LogP contribution in [0.2, 0.25) is 0 Å². The molecule has 1 aromatic heterocycles. The predicted octanol–water partition coefficient (Wildman–Crippen LogP) is 3.71. The van der Waals surface area contributed by atoms with Crippen molar-refractivity contribution in [3.8, 4) is 0 Å². The fraction of sp³-hybridized carbons (Fsp3) is 0.412. The van der Waals surface area contributed by atoms with Crippen molar-refractivity contribution in [2.45, 2.75) is 18.8 Å². The Bertz CT molecular complexity index is 654. The first kappa shape index (κ1) is 16.1. The molecule has 1 atom stereocenters. The maximum Gasteiger partial charge on any atom is 0.226 e. The molecule has 0 spiro atoms. The van der Waals surface area contributed by atoms with E-state index in [1.165, 1.54) is 22.9 Å². The molecule has 0 aliphatic carbocycles. The van der Waals surface area contributed by atoms with Crippen molar-refractivity contribution in [2.75, 3.05) is 42.7 Å². The fourth-order valence-corrected chi connectivity index (χ4v) is 3.69. The van der Waals surface area contributed by atoms with Gasteiger partial charge >= 0.3 is 0 Å². The number of hydrogen-bond acceptors (Lipinski definition) is 5. The van der Waals surface area contributed by atoms with Gasteiger partial charge in [0.15, 0.2) is 0 Å². The molecule has 2 N–H and O–H groups in total. The minimum absolute atomic E-state index is 0.519. The third-order valence-electron chi connectivity index (χ3n) is 4.28. The number of hydrogen-bond donors (Lipinski definition) is 2. The Morgan fingerprint density at radius 2 is 2.00 bits per heavy atom. The zero-order valence-electron chi connectivity index (χ0n) is 13.5. The second-order valence-electron chi connectivity index (χ2n) is 5.74. The van der Waals surface area contributed by atoms with Gasteiger partial charge in [-0.3, -0.25) is 0 Å². The predicted molar refractivity (Wildman–Crippen MR) is 99.5 cm³/mol. The van der Waals surface area contributed by atoms with Gasteiger partial charge in [0.05, 0.1) is 0 Å². The molecule has 0 radical (unpaired) electrons. The molecule has 0 bridgehead atoms. The molecule has 122 valence electrons. The van der Waals surface area contributed by atoms with Crippen molar-refractivity contribution in [1.82, 2.24) is 9.97 Å². The van der Waals surface area contributed by atoms with Gasteiger partial charge in [-0.15, -0.1) is 0 Å². The van der Waals surface area contributed by atoms with Gasteiger partial charge in [0.2, 0.25) is 5.95 Å². The molecule has 5 nitrogen and oxygen atoms in total. The Morgan fingerprint density at radius 3 is 2.74 bits per heavy atom. The zero-order chi connectivity index (χ0) is 16.2. The molecule has 2 aromatic rings. The summed E-state index contributed by atoms with van der Waals surface area (Å²) in [6, 6.07) is 10.5. The Morgan fingerprint density at radius 1 is 1.17 bits per heavy atom. The van der Waals surface area contributed by atoms with Crippen molar-refractivity contribution >= 4 is 33.5 Å². The number of nitrogens with zero attached hydrogens (tertiary/aromatic N) is 3. The van der Waals surface area contributed by atoms with E-state index in [0.717, 1.165) is 24.7 Å². The van der Waals surface area contributed by atoms with Crippen LogP contribution in [0.25, 0.3) is 0 Å². The van der Waals surface area contributed by atoms with Crippen LogP contribution < -0.4 is 15.5 Å². The number of halogens is 1. The highest BCUT2D eigenvalue weighted by Crippen LogP contribution is 2.33. The summed E-state index contributed by atoms with van der Waals surface area (Å²) in [5, 5.41) is 6.14. The first-order chi connectivity index (χ1) is 11.2. The summed E-state index contributed by atoms with van der Waals surface area (Å²) < 4.78 is 1.20. The van der Waals surface area contributed by atoms with Crippen LogP contribution in [-0.4, -0.2) is 37.2 Å². The maximum absolute atomic E-state index is 4.63. The topological polar surface area (TPSA) is 53.1 Å². The van der Waals surface area contributed by atoms with Crippen LogP contribution in [0.3, 0.4) is 0 Å². The molecule has 0 saturated carbocycles. The summed E-state index contributed by atoms with van der Waals surface area (Å²) in [5.41, 5.74) is 1.38. The van der Waals surface area contributed by atoms with Gasteiger partial charge in [-0.25, -0.2) is 0 Å². The highest BCUT2D eigenvalue weighted by atomic mass is 79.9. The summed E-state index contributed by atoms with van der Waals surface area (Å²) in [4.78, 5) is 11.4. The lowest BCUT2D eigenvalue weighted by atomic mass is 9.90. The van der Waals surface area contributed by atoms with Crippen LogP contribution in [-0.2, 0) is 0 Å². The molecule has 6 heteroatoms. The van der Waals surface area contributed by atoms with E-state index in [-0.39, 0.29) is 0 Å². The zero-order valence-corrected chi connectivity index (χ0v) is 15.1. The van der Waals surface area contributed by atoms with E-state index in [1.807, 2.05) is 20.2 Å². The number of anilines is 3. The first-order valence-corrected chi connectivity index (χ1v) is 8.74. The fourth-order valence-electron chi connectivity index (χ4n) is 3.08. The van der Waals surface area contributed by atoms with Crippen LogP contribution >= 0.6 is 15.9 Å². The monoisotopic (exact) mass is 375 g/mol. The van der Waals surface area contributed by atoms with E-state index >= 15 is 0 Å². The molecule has 1 aliphatic heterocycles. The van der Waals surface area contributed by atoms with E-state index in [9.17, 15) is 0 Å². The van der Waals surface area contributed by atoms with E-state index in [4.69, 9.17) is 0 Å². The van der Waals surface area contributed by atoms with Gasteiger partial charge in [0.25, 0.3) is 0 Å². The molecule has 0 unspecified atom stereocenters. The lowest BCUT2D eigenvalue weighted by molar-refractivity contribution is 0.506. The molecule has 1 saturated heterocycles. The van der Waals surface area contributed by atoms with Crippen molar-refractivity contribution < 1.29 is 0 Å². The Hall–Kier alpha value is -1.82. The third kappa shape index (κ3) is 3.58. The minimum Gasteiger partial charge on any atom is -0.373 e. The van der Waals surface area contributed by atoms with Crippen molar-refractivity contribution in [3.63, 3.8) is 0 Å². The molecular weight excluding hydrogens is 354 g/mol. The summed E-state index contributed by atoms with van der Waals surface area (Å²) in [6.45, 7) is 2.01. The lowest BCUT2D eigenvalue weighted by Crippen LogP contribution is -2.35. The average molecular weight is 376 g/mol. The quantitative estimate of drug-likeness (QED) is 0.852. The van der Waals surface area contributed by atoms with Gasteiger partial charge in [0.1, 0.15) is 11.6 Å². The normalized spacial score (nSPS) is 17.9. The first-order valence-electron chi connectivity index (χ1n) is 7.95. The molecule has 1 aromatic carbocycles. The van der Waals surface area contributed by atoms with Gasteiger partial charge in [-0.05, 0) is 24.5 Å². The summed E-state index contributed by atoms with van der Waals surface area (Å²) >= 11 is 3.69. The highest BCUT2D eigenvalue weighted by Gasteiger charge is 2.24. The summed E-state index contributed by atoms with van der Waals surface area (Å²) in [6.07, 6.45) is 2.38. The smallest absolute Gasteiger partial charge is 0.226 e. The minimum atomic E-state index is 0.519. The second-order valence-corrected chi connectivity index (χ2v) is 6.60. The lowest BCUT2D eigenvalue weighted by Gasteiger charge is -2.34. The standard InChI is InChI=1S/C17H22BrN5/c1-19-15-10-16(22-17(20-2)21-15)23-9-5-6-12(11-23)13-7-3-4-8-14(13)18/h3-4,7-8,10,12H,5-6,9,11H2,1-2H3,(H2,19,20,21,22)/t12-/m0/s1. The molecule has 23 heavy (non-hydrogen) atoms. The van der Waals surface area contributed by atoms with Gasteiger partial charge in [0, 0.05) is 43.6 Å². The van der Waals surface area contributed by atoms with Gasteiger partial charge in [-0.2, -0.15) is 9.97 Å². The average Bonchev–Trinajstić information content (AvgIpc) is 2.61. The third-order valence-corrected chi connectivity index (χ3v) is 5.00. The molecule has 1 aliphatic rings. The number of nitrogens with one attached hydrogen (secondary N) is 2. The molecular formula is C17H22BrN5. The maximum atomic E-state index is 4.63. The van der Waals surface area contributed by atoms with Crippen LogP contribution in [0.15, 0.2) is 34.8 Å². The second kappa shape index (κ2) is 7.17. The van der Waals surface area contributed by atoms with Crippen LogP contribution in [0.4, 0.5) is 17.6 Å². The molecule has 1 fully saturated rings. The van der Waals surface area contributed by atoms with Crippen LogP contribution in [0.1, 0.15) is 24.3 Å². The molecule has 3 rings (SSSR count). The van der Waals surface area contributed by atoms with Gasteiger partial charge < -0.3 is 15.5 Å². The SMILES string of the molecule is CNc1cc(N2CCC[C@H](c3ccccc3Br)C2)nc(NC)n1. The number of benzene rings is 1. The van der Waals surface area contributed by atoms with Crippen molar-refractivity contribution in [2.24, 2.45) is 0 Å². The Labute approximate surface area is 145 Å². The Balaban J connectivity index is 1.85. The highest BCUT2D eigenvalue weighted by molar-refractivity contribution is 9.10. The number of rotatable bonds is 4. The molecule has 0 amide bonds. The number of aromatic nitrogens is 2. The van der Waals surface area contributed by atoms with E-state index in [2.05, 4.69) is 65.7 Å². The van der Waals surface area contributed by atoms with Crippen LogP contribution in [0, 0.1) is 0 Å². The van der Waals surface area contributed by atoms with Crippen molar-refractivity contribution in [3.05, 3.63) is 40.4 Å². The van der Waals surface area contributed by atoms with Crippen LogP contribution in [0.5, 0.6) is 0 Å². The number of piperidine rings is 1. The van der Waals surface area contributed by atoms with E-state index in [1.54, 1.807) is 0 Å². The summed E-state index contributed by atoms with van der Waals surface area (Å²) in [7, 11) is 3.73. The largest absolute Gasteiger partial charge is 0.373 e. The van der Waals surface area contributed by atoms with Gasteiger partial charge in [-0.1, -0.05) is 34.1 Å².